The first-order chi connectivity index (χ1) is 9.41. The molecule has 0 bridgehead atoms. The van der Waals surface area contributed by atoms with Crippen molar-refractivity contribution in [1.29, 1.82) is 0 Å². The minimum absolute atomic E-state index is 0.0765. The van der Waals surface area contributed by atoms with Crippen LogP contribution in [0.25, 0.3) is 0 Å². The van der Waals surface area contributed by atoms with Crippen molar-refractivity contribution in [3.05, 3.63) is 29.3 Å². The van der Waals surface area contributed by atoms with Gasteiger partial charge in [0.25, 0.3) is 5.91 Å². The largest absolute Gasteiger partial charge is 0.381 e. The van der Waals surface area contributed by atoms with Crippen molar-refractivity contribution in [2.75, 3.05) is 23.9 Å². The molecule has 2 N–H and O–H groups in total. The van der Waals surface area contributed by atoms with Crippen LogP contribution in [-0.2, 0) is 9.84 Å². The molecule has 0 spiro atoms. The van der Waals surface area contributed by atoms with E-state index in [1.807, 2.05) is 13.0 Å². The summed E-state index contributed by atoms with van der Waals surface area (Å²) in [4.78, 5) is 11.6. The predicted octanol–water partition coefficient (Wildman–Crippen LogP) is 1.34. The van der Waals surface area contributed by atoms with Gasteiger partial charge >= 0.3 is 0 Å². The summed E-state index contributed by atoms with van der Waals surface area (Å²) in [6, 6.07) is 5.32. The Morgan fingerprint density at radius 1 is 1.35 bits per heavy atom. The van der Waals surface area contributed by atoms with Crippen molar-refractivity contribution in [2.24, 2.45) is 0 Å². The van der Waals surface area contributed by atoms with E-state index in [1.165, 1.54) is 0 Å². The predicted molar refractivity (Wildman–Crippen MR) is 79.9 cm³/mol. The van der Waals surface area contributed by atoms with Gasteiger partial charge in [-0.3, -0.25) is 4.79 Å². The van der Waals surface area contributed by atoms with Gasteiger partial charge in [-0.05, 0) is 37.5 Å². The molecule has 1 aromatic carbocycles. The summed E-state index contributed by atoms with van der Waals surface area (Å²) in [5.74, 6) is 0.295. The molecule has 1 unspecified atom stereocenters. The first-order valence-electron chi connectivity index (χ1n) is 6.71. The van der Waals surface area contributed by atoms with Crippen LogP contribution in [0.2, 0.25) is 0 Å². The van der Waals surface area contributed by atoms with E-state index in [2.05, 4.69) is 10.6 Å². The molecule has 2 rings (SSSR count). The van der Waals surface area contributed by atoms with Gasteiger partial charge in [-0.2, -0.15) is 0 Å². The van der Waals surface area contributed by atoms with Crippen molar-refractivity contribution >= 4 is 21.4 Å². The highest BCUT2D eigenvalue weighted by atomic mass is 32.2. The number of amides is 1. The molecule has 1 atom stereocenters. The van der Waals surface area contributed by atoms with E-state index in [9.17, 15) is 13.2 Å². The summed E-state index contributed by atoms with van der Waals surface area (Å²) in [6.07, 6.45) is 1.52. The molecule has 1 aromatic rings. The molecule has 1 amide bonds. The molecule has 0 aromatic heterocycles. The van der Waals surface area contributed by atoms with Crippen molar-refractivity contribution in [2.45, 2.75) is 25.8 Å². The molecule has 0 radical (unpaired) electrons. The first-order valence-corrected chi connectivity index (χ1v) is 8.53. The lowest BCUT2D eigenvalue weighted by molar-refractivity contribution is 0.0963. The molecule has 5 nitrogen and oxygen atoms in total. The van der Waals surface area contributed by atoms with Crippen LogP contribution in [0, 0.1) is 6.92 Å². The van der Waals surface area contributed by atoms with Gasteiger partial charge in [0, 0.05) is 24.3 Å². The van der Waals surface area contributed by atoms with Crippen LogP contribution in [0.1, 0.15) is 28.8 Å². The van der Waals surface area contributed by atoms with Gasteiger partial charge in [0.05, 0.1) is 11.5 Å². The number of hydrogen-bond donors (Lipinski definition) is 2. The minimum Gasteiger partial charge on any atom is -0.381 e. The Bertz CT molecular complexity index is 611. The van der Waals surface area contributed by atoms with Crippen molar-refractivity contribution in [1.82, 2.24) is 5.32 Å². The van der Waals surface area contributed by atoms with Crippen LogP contribution in [0.3, 0.4) is 0 Å². The van der Waals surface area contributed by atoms with Crippen molar-refractivity contribution in [3.8, 4) is 0 Å². The van der Waals surface area contributed by atoms with Gasteiger partial charge in [0.2, 0.25) is 0 Å². The van der Waals surface area contributed by atoms with Crippen LogP contribution in [0.5, 0.6) is 0 Å². The zero-order valence-corrected chi connectivity index (χ0v) is 12.6. The lowest BCUT2D eigenvalue weighted by Gasteiger charge is -2.25. The third kappa shape index (κ3) is 3.50. The zero-order valence-electron chi connectivity index (χ0n) is 11.8. The summed E-state index contributed by atoms with van der Waals surface area (Å²) >= 11 is 0. The van der Waals surface area contributed by atoms with E-state index >= 15 is 0 Å². The van der Waals surface area contributed by atoms with Crippen LogP contribution in [0.15, 0.2) is 18.2 Å². The molecule has 6 heteroatoms. The maximum atomic E-state index is 11.7. The highest BCUT2D eigenvalue weighted by Crippen LogP contribution is 2.22. The van der Waals surface area contributed by atoms with Crippen LogP contribution < -0.4 is 10.6 Å². The highest BCUT2D eigenvalue weighted by Gasteiger charge is 2.25. The number of aryl methyl sites for hydroxylation is 1. The zero-order chi connectivity index (χ0) is 14.8. The number of nitrogens with one attached hydrogen (secondary N) is 2. The number of carbonyl (C=O) groups excluding carboxylic acids is 1. The maximum Gasteiger partial charge on any atom is 0.251 e. The average Bonchev–Trinajstić information content (AvgIpc) is 2.39. The second-order valence-electron chi connectivity index (χ2n) is 5.21. The SMILES string of the molecule is CNC(=O)c1ccc(C)c(NC2CCCS(=O)(=O)C2)c1. The third-order valence-electron chi connectivity index (χ3n) is 3.55. The molecule has 1 aliphatic rings. The second kappa shape index (κ2) is 5.83. The van der Waals surface area contributed by atoms with E-state index in [-0.39, 0.29) is 23.5 Å². The molecular formula is C14H20N2O3S. The lowest BCUT2D eigenvalue weighted by atomic mass is 10.1. The fourth-order valence-electron chi connectivity index (χ4n) is 2.42. The maximum absolute atomic E-state index is 11.7. The quantitative estimate of drug-likeness (QED) is 0.882. The van der Waals surface area contributed by atoms with E-state index in [0.29, 0.717) is 12.0 Å². The normalized spacial score (nSPS) is 21.2. The number of hydrogen-bond acceptors (Lipinski definition) is 4. The molecule has 1 fully saturated rings. The minimum atomic E-state index is -2.94. The van der Waals surface area contributed by atoms with E-state index in [1.54, 1.807) is 19.2 Å². The lowest BCUT2D eigenvalue weighted by Crippen LogP contribution is -2.35. The summed E-state index contributed by atoms with van der Waals surface area (Å²) in [7, 11) is -1.35. The van der Waals surface area contributed by atoms with Crippen LogP contribution in [-0.4, -0.2) is 38.9 Å². The molecule has 1 heterocycles. The standard InChI is InChI=1S/C14H20N2O3S/c1-10-5-6-11(14(17)15-2)8-13(10)16-12-4-3-7-20(18,19)9-12/h5-6,8,12,16H,3-4,7,9H2,1-2H3,(H,15,17). The summed E-state index contributed by atoms with van der Waals surface area (Å²) in [5.41, 5.74) is 2.40. The number of benzene rings is 1. The third-order valence-corrected chi connectivity index (χ3v) is 5.37. The topological polar surface area (TPSA) is 75.3 Å². The summed E-state index contributed by atoms with van der Waals surface area (Å²) < 4.78 is 23.3. The monoisotopic (exact) mass is 296 g/mol. The average molecular weight is 296 g/mol. The molecule has 20 heavy (non-hydrogen) atoms. The van der Waals surface area contributed by atoms with Gasteiger partial charge in [-0.25, -0.2) is 8.42 Å². The highest BCUT2D eigenvalue weighted by molar-refractivity contribution is 7.91. The number of anilines is 1. The Morgan fingerprint density at radius 3 is 2.75 bits per heavy atom. The molecule has 0 aliphatic carbocycles. The second-order valence-corrected chi connectivity index (χ2v) is 7.44. The first kappa shape index (κ1) is 14.8. The van der Waals surface area contributed by atoms with E-state index < -0.39 is 9.84 Å². The summed E-state index contributed by atoms with van der Waals surface area (Å²) in [5, 5.41) is 5.85. The smallest absolute Gasteiger partial charge is 0.251 e. The van der Waals surface area contributed by atoms with Gasteiger partial charge in [-0.15, -0.1) is 0 Å². The van der Waals surface area contributed by atoms with Gasteiger partial charge in [0.15, 0.2) is 9.84 Å². The van der Waals surface area contributed by atoms with Gasteiger partial charge < -0.3 is 10.6 Å². The van der Waals surface area contributed by atoms with Gasteiger partial charge in [0.1, 0.15) is 0 Å². The molecule has 0 saturated carbocycles. The fraction of sp³-hybridized carbons (Fsp3) is 0.500. The number of rotatable bonds is 3. The van der Waals surface area contributed by atoms with Crippen molar-refractivity contribution < 1.29 is 13.2 Å². The molecule has 1 aliphatic heterocycles. The Morgan fingerprint density at radius 2 is 2.10 bits per heavy atom. The Balaban J connectivity index is 2.18. The van der Waals surface area contributed by atoms with E-state index in [0.717, 1.165) is 17.7 Å². The fourth-order valence-corrected chi connectivity index (χ4v) is 4.06. The summed E-state index contributed by atoms with van der Waals surface area (Å²) in [6.45, 7) is 1.94. The van der Waals surface area contributed by atoms with E-state index in [4.69, 9.17) is 0 Å². The molecule has 110 valence electrons. The number of carbonyl (C=O) groups is 1. The molecular weight excluding hydrogens is 276 g/mol. The molecule has 1 saturated heterocycles. The van der Waals surface area contributed by atoms with Gasteiger partial charge in [-0.1, -0.05) is 6.07 Å². The Kier molecular flexibility index (Phi) is 4.32. The van der Waals surface area contributed by atoms with Crippen LogP contribution in [0.4, 0.5) is 5.69 Å². The Labute approximate surface area is 119 Å². The van der Waals surface area contributed by atoms with Crippen LogP contribution >= 0.6 is 0 Å². The number of sulfone groups is 1. The van der Waals surface area contributed by atoms with Crippen molar-refractivity contribution in [3.63, 3.8) is 0 Å². The Hall–Kier alpha value is -1.56.